The van der Waals surface area contributed by atoms with Gasteiger partial charge in [0.2, 0.25) is 5.95 Å². The second kappa shape index (κ2) is 10.1. The zero-order chi connectivity index (χ0) is 24.2. The van der Waals surface area contributed by atoms with E-state index >= 15 is 0 Å². The molecule has 1 aromatic heterocycles. The zero-order valence-electron chi connectivity index (χ0n) is 20.1. The number of amides is 1. The molecule has 0 unspecified atom stereocenters. The van der Waals surface area contributed by atoms with Gasteiger partial charge in [-0.15, -0.1) is 0 Å². The summed E-state index contributed by atoms with van der Waals surface area (Å²) in [5.74, 6) is -0.533. The van der Waals surface area contributed by atoms with Crippen LogP contribution < -0.4 is 10.2 Å². The molecule has 3 aromatic rings. The molecule has 1 aliphatic rings. The number of anilines is 1. The van der Waals surface area contributed by atoms with Crippen molar-refractivity contribution in [3.8, 4) is 11.1 Å². The fraction of sp³-hybridized carbons (Fsp3) is 0.333. The van der Waals surface area contributed by atoms with E-state index in [9.17, 15) is 9.59 Å². The number of esters is 1. The van der Waals surface area contributed by atoms with Gasteiger partial charge in [-0.05, 0) is 74.5 Å². The van der Waals surface area contributed by atoms with Crippen molar-refractivity contribution in [3.05, 3.63) is 76.6 Å². The van der Waals surface area contributed by atoms with Gasteiger partial charge in [0.1, 0.15) is 0 Å². The van der Waals surface area contributed by atoms with Gasteiger partial charge in [0.25, 0.3) is 5.91 Å². The number of hydrogen-bond donors (Lipinski definition) is 1. The van der Waals surface area contributed by atoms with Gasteiger partial charge in [-0.2, -0.15) is 0 Å². The maximum atomic E-state index is 14.2. The Morgan fingerprint density at radius 2 is 1.82 bits per heavy atom. The largest absolute Gasteiger partial charge is 0.464 e. The molecule has 0 radical (unpaired) electrons. The Labute approximate surface area is 200 Å². The molecule has 7 nitrogen and oxygen atoms in total. The number of methoxy groups -OCH3 is 1. The fourth-order valence-corrected chi connectivity index (χ4v) is 4.30. The maximum absolute atomic E-state index is 14.2. The lowest BCUT2D eigenvalue weighted by Crippen LogP contribution is -2.50. The number of nitrogens with one attached hydrogen (secondary N) is 1. The minimum Gasteiger partial charge on any atom is -0.464 e. The molecule has 34 heavy (non-hydrogen) atoms. The van der Waals surface area contributed by atoms with Gasteiger partial charge >= 0.3 is 5.97 Å². The molecule has 4 rings (SSSR count). The van der Waals surface area contributed by atoms with Crippen molar-refractivity contribution in [1.29, 1.82) is 0 Å². The van der Waals surface area contributed by atoms with Crippen LogP contribution in [0.1, 0.15) is 50.5 Å². The number of piperidine rings is 1. The number of rotatable bonds is 5. The van der Waals surface area contributed by atoms with E-state index in [4.69, 9.17) is 4.74 Å². The number of carbonyl (C=O) groups is 2. The number of carbonyl (C=O) groups excluding carboxylic acids is 2. The average molecular weight is 459 g/mol. The molecule has 0 spiro atoms. The Hall–Kier alpha value is -3.58. The summed E-state index contributed by atoms with van der Waals surface area (Å²) in [4.78, 5) is 37.0. The van der Waals surface area contributed by atoms with Crippen LogP contribution in [0, 0.1) is 20.8 Å². The Kier molecular flexibility index (Phi) is 7.03. The van der Waals surface area contributed by atoms with Crippen molar-refractivity contribution < 1.29 is 14.3 Å². The first-order valence-corrected chi connectivity index (χ1v) is 11.5. The molecule has 0 saturated carbocycles. The monoisotopic (exact) mass is 458 g/mol. The van der Waals surface area contributed by atoms with Crippen LogP contribution >= 0.6 is 0 Å². The summed E-state index contributed by atoms with van der Waals surface area (Å²) in [5, 5.41) is 3.37. The van der Waals surface area contributed by atoms with E-state index in [2.05, 4.69) is 41.3 Å². The number of aromatic nitrogens is 2. The van der Waals surface area contributed by atoms with E-state index in [0.29, 0.717) is 17.8 Å². The van der Waals surface area contributed by atoms with Gasteiger partial charge in [-0.25, -0.2) is 14.8 Å². The molecule has 7 heteroatoms. The zero-order valence-corrected chi connectivity index (χ0v) is 20.1. The molecule has 0 aliphatic carbocycles. The first kappa shape index (κ1) is 23.6. The minimum atomic E-state index is -0.559. The lowest BCUT2D eigenvalue weighted by Gasteiger charge is -2.34. The van der Waals surface area contributed by atoms with Crippen LogP contribution in [0.5, 0.6) is 0 Å². The lowest BCUT2D eigenvalue weighted by molar-refractivity contribution is 0.0593. The van der Waals surface area contributed by atoms with E-state index < -0.39 is 5.97 Å². The number of ether oxygens (including phenoxy) is 1. The molecule has 0 bridgehead atoms. The molecule has 176 valence electrons. The molecule has 1 aliphatic heterocycles. The first-order chi connectivity index (χ1) is 16.4. The third-order valence-electron chi connectivity index (χ3n) is 6.28. The van der Waals surface area contributed by atoms with Crippen LogP contribution in [0.2, 0.25) is 0 Å². The van der Waals surface area contributed by atoms with E-state index in [1.807, 2.05) is 30.3 Å². The summed E-state index contributed by atoms with van der Waals surface area (Å²) >= 11 is 0. The number of nitrogens with zero attached hydrogens (tertiary/aromatic N) is 3. The number of aryl methyl sites for hydroxylation is 3. The summed E-state index contributed by atoms with van der Waals surface area (Å²) in [6.45, 7) is 7.45. The summed E-state index contributed by atoms with van der Waals surface area (Å²) in [7, 11) is 1.31. The number of benzene rings is 2. The number of hydrogen-bond acceptors (Lipinski definition) is 6. The summed E-state index contributed by atoms with van der Waals surface area (Å²) < 4.78 is 4.87. The molecular weight excluding hydrogens is 428 g/mol. The highest BCUT2D eigenvalue weighted by molar-refractivity contribution is 6.10. The van der Waals surface area contributed by atoms with Crippen molar-refractivity contribution >= 4 is 17.8 Å². The summed E-state index contributed by atoms with van der Waals surface area (Å²) in [6, 6.07) is 15.3. The fourth-order valence-electron chi connectivity index (χ4n) is 4.30. The van der Waals surface area contributed by atoms with Crippen molar-refractivity contribution in [1.82, 2.24) is 15.3 Å². The second-order valence-corrected chi connectivity index (χ2v) is 8.71. The van der Waals surface area contributed by atoms with Gasteiger partial charge in [0, 0.05) is 17.8 Å². The van der Waals surface area contributed by atoms with Crippen molar-refractivity contribution in [2.75, 3.05) is 25.1 Å². The average Bonchev–Trinajstić information content (AvgIpc) is 2.85. The van der Waals surface area contributed by atoms with Crippen LogP contribution in [0.15, 0.2) is 48.5 Å². The van der Waals surface area contributed by atoms with E-state index in [0.717, 1.165) is 36.1 Å². The van der Waals surface area contributed by atoms with Gasteiger partial charge < -0.3 is 10.1 Å². The predicted molar refractivity (Wildman–Crippen MR) is 132 cm³/mol. The third kappa shape index (κ3) is 4.84. The van der Waals surface area contributed by atoms with E-state index in [-0.39, 0.29) is 23.6 Å². The van der Waals surface area contributed by atoms with E-state index in [1.165, 1.54) is 12.7 Å². The second-order valence-electron chi connectivity index (χ2n) is 8.71. The Morgan fingerprint density at radius 1 is 1.03 bits per heavy atom. The smallest absolute Gasteiger partial charge is 0.356 e. The molecular formula is C27H30N4O3. The molecule has 1 amide bonds. The van der Waals surface area contributed by atoms with Crippen molar-refractivity contribution in [3.63, 3.8) is 0 Å². The maximum Gasteiger partial charge on any atom is 0.356 e. The standard InChI is InChI=1S/C27H30N4O3/c1-17-11-12-20(14-18(17)2)22-9-5-6-10-23(22)25(32)31(21-8-7-13-28-16-21)27-29-19(3)15-24(30-27)26(33)34-4/h5-6,9-12,14-15,21,28H,7-8,13,16H2,1-4H3/t21-/m1/s1. The van der Waals surface area contributed by atoms with Gasteiger partial charge in [0.15, 0.2) is 5.69 Å². The first-order valence-electron chi connectivity index (χ1n) is 11.5. The van der Waals surface area contributed by atoms with Crippen LogP contribution in [0.4, 0.5) is 5.95 Å². The highest BCUT2D eigenvalue weighted by atomic mass is 16.5. The Bertz CT molecular complexity index is 1220. The van der Waals surface area contributed by atoms with Crippen LogP contribution in [0.3, 0.4) is 0 Å². The molecule has 1 atom stereocenters. The van der Waals surface area contributed by atoms with E-state index in [1.54, 1.807) is 17.9 Å². The normalized spacial score (nSPS) is 15.6. The minimum absolute atomic E-state index is 0.133. The third-order valence-corrected chi connectivity index (χ3v) is 6.28. The predicted octanol–water partition coefficient (Wildman–Crippen LogP) is 4.25. The molecule has 2 heterocycles. The highest BCUT2D eigenvalue weighted by Crippen LogP contribution is 2.29. The lowest BCUT2D eigenvalue weighted by atomic mass is 9.95. The molecule has 1 fully saturated rings. The Morgan fingerprint density at radius 3 is 2.53 bits per heavy atom. The van der Waals surface area contributed by atoms with Crippen molar-refractivity contribution in [2.24, 2.45) is 0 Å². The van der Waals surface area contributed by atoms with Gasteiger partial charge in [-0.3, -0.25) is 9.69 Å². The molecule has 2 aromatic carbocycles. The van der Waals surface area contributed by atoms with Crippen LogP contribution in [-0.4, -0.2) is 48.1 Å². The van der Waals surface area contributed by atoms with Crippen LogP contribution in [0.25, 0.3) is 11.1 Å². The van der Waals surface area contributed by atoms with Crippen LogP contribution in [-0.2, 0) is 4.74 Å². The van der Waals surface area contributed by atoms with Gasteiger partial charge in [0.05, 0.1) is 13.2 Å². The van der Waals surface area contributed by atoms with Gasteiger partial charge in [-0.1, -0.05) is 36.4 Å². The highest BCUT2D eigenvalue weighted by Gasteiger charge is 2.32. The summed E-state index contributed by atoms with van der Waals surface area (Å²) in [5.41, 5.74) is 5.49. The SMILES string of the molecule is COC(=O)c1cc(C)nc(N(C(=O)c2ccccc2-c2ccc(C)c(C)c2)[C@@H]2CCCNC2)n1. The Balaban J connectivity index is 1.83. The molecule has 1 N–H and O–H groups in total. The topological polar surface area (TPSA) is 84.4 Å². The molecule has 1 saturated heterocycles. The van der Waals surface area contributed by atoms with Crippen molar-refractivity contribution in [2.45, 2.75) is 39.7 Å². The summed E-state index contributed by atoms with van der Waals surface area (Å²) in [6.07, 6.45) is 1.75. The quantitative estimate of drug-likeness (QED) is 0.576.